The number of carbonyl (C=O) groups is 1. The molecule has 5 rings (SSSR count). The molecule has 0 unspecified atom stereocenters. The normalized spacial score (nSPS) is 13.0. The van der Waals surface area contributed by atoms with Crippen molar-refractivity contribution in [3.8, 4) is 11.5 Å². The van der Waals surface area contributed by atoms with E-state index in [-0.39, 0.29) is 17.2 Å². The Morgan fingerprint density at radius 1 is 0.921 bits per heavy atom. The van der Waals surface area contributed by atoms with Gasteiger partial charge in [0.15, 0.2) is 5.75 Å². The second-order valence-corrected chi connectivity index (χ2v) is 11.4. The number of nitrogens with zero attached hydrogens (tertiary/aromatic N) is 1. The summed E-state index contributed by atoms with van der Waals surface area (Å²) in [6, 6.07) is 28.7. The van der Waals surface area contributed by atoms with Crippen LogP contribution in [-0.2, 0) is 27.7 Å². The van der Waals surface area contributed by atoms with Gasteiger partial charge in [0.1, 0.15) is 5.75 Å². The van der Waals surface area contributed by atoms with E-state index in [0.29, 0.717) is 35.2 Å². The van der Waals surface area contributed by atoms with E-state index in [1.807, 2.05) is 54.6 Å². The minimum Gasteiger partial charge on any atom is -0.455 e. The van der Waals surface area contributed by atoms with Gasteiger partial charge in [-0.05, 0) is 78.9 Å². The van der Waals surface area contributed by atoms with Crippen molar-refractivity contribution in [1.29, 1.82) is 0 Å². The molecule has 0 saturated carbocycles. The molecule has 8 heteroatoms. The lowest BCUT2D eigenvalue weighted by Gasteiger charge is -2.30. The first kappa shape index (κ1) is 25.8. The third kappa shape index (κ3) is 5.85. The number of para-hydroxylation sites is 2. The van der Waals surface area contributed by atoms with Gasteiger partial charge in [0.25, 0.3) is 10.0 Å². The zero-order chi connectivity index (χ0) is 26.5. The van der Waals surface area contributed by atoms with Gasteiger partial charge in [-0.2, -0.15) is 0 Å². The van der Waals surface area contributed by atoms with E-state index in [1.54, 1.807) is 42.5 Å². The van der Waals surface area contributed by atoms with Crippen LogP contribution < -0.4 is 14.4 Å². The molecule has 4 aromatic rings. The van der Waals surface area contributed by atoms with E-state index in [1.165, 1.54) is 4.31 Å². The van der Waals surface area contributed by atoms with Gasteiger partial charge in [-0.15, -0.1) is 0 Å². The van der Waals surface area contributed by atoms with Crippen molar-refractivity contribution >= 4 is 38.9 Å². The van der Waals surface area contributed by atoms with Gasteiger partial charge >= 0.3 is 0 Å². The van der Waals surface area contributed by atoms with Gasteiger partial charge in [-0.3, -0.25) is 9.10 Å². The first-order valence-corrected chi connectivity index (χ1v) is 14.2. The average molecular weight is 547 g/mol. The van der Waals surface area contributed by atoms with Crippen molar-refractivity contribution < 1.29 is 17.9 Å². The second-order valence-electron chi connectivity index (χ2n) is 9.06. The fourth-order valence-electron chi connectivity index (χ4n) is 4.48. The molecule has 0 atom stereocenters. The van der Waals surface area contributed by atoms with Crippen LogP contribution in [0.3, 0.4) is 0 Å². The maximum Gasteiger partial charge on any atom is 0.264 e. The van der Waals surface area contributed by atoms with Crippen LogP contribution in [0.15, 0.2) is 102 Å². The molecule has 0 saturated heterocycles. The summed E-state index contributed by atoms with van der Waals surface area (Å²) >= 11 is 6.15. The van der Waals surface area contributed by atoms with E-state index in [4.69, 9.17) is 16.3 Å². The third-order valence-corrected chi connectivity index (χ3v) is 8.47. The number of aryl methyl sites for hydroxylation is 2. The highest BCUT2D eigenvalue weighted by Gasteiger charge is 2.28. The van der Waals surface area contributed by atoms with Gasteiger partial charge < -0.3 is 10.1 Å². The Morgan fingerprint density at radius 2 is 1.66 bits per heavy atom. The van der Waals surface area contributed by atoms with Crippen molar-refractivity contribution in [2.24, 2.45) is 0 Å². The SMILES string of the molecule is O=C(CCc1ccc(S(=O)(=O)N2CCCc3ccccc32)cc1)Nc1cc(Cl)ccc1Oc1ccccc1. The lowest BCUT2D eigenvalue weighted by atomic mass is 10.0. The smallest absolute Gasteiger partial charge is 0.264 e. The van der Waals surface area contributed by atoms with Crippen molar-refractivity contribution in [2.45, 2.75) is 30.6 Å². The molecule has 0 spiro atoms. The Hall–Kier alpha value is -3.81. The van der Waals surface area contributed by atoms with Crippen molar-refractivity contribution in [2.75, 3.05) is 16.2 Å². The lowest BCUT2D eigenvalue weighted by molar-refractivity contribution is -0.116. The number of halogens is 1. The van der Waals surface area contributed by atoms with Crippen LogP contribution in [0.4, 0.5) is 11.4 Å². The summed E-state index contributed by atoms with van der Waals surface area (Å²) in [5.74, 6) is 0.933. The number of hydrogen-bond acceptors (Lipinski definition) is 4. The van der Waals surface area contributed by atoms with E-state index >= 15 is 0 Å². The number of ether oxygens (including phenoxy) is 1. The summed E-state index contributed by atoms with van der Waals surface area (Å²) in [7, 11) is -3.67. The maximum absolute atomic E-state index is 13.4. The Morgan fingerprint density at radius 3 is 2.45 bits per heavy atom. The zero-order valence-corrected chi connectivity index (χ0v) is 22.2. The molecule has 1 N–H and O–H groups in total. The fraction of sp³-hybridized carbons (Fsp3) is 0.167. The van der Waals surface area contributed by atoms with Crippen LogP contribution in [0.2, 0.25) is 5.02 Å². The molecule has 6 nitrogen and oxygen atoms in total. The van der Waals surface area contributed by atoms with Gasteiger partial charge in [0.2, 0.25) is 5.91 Å². The molecule has 0 fully saturated rings. The summed E-state index contributed by atoms with van der Waals surface area (Å²) in [5, 5.41) is 3.36. The molecule has 4 aromatic carbocycles. The minimum atomic E-state index is -3.67. The third-order valence-electron chi connectivity index (χ3n) is 6.41. The molecule has 0 aromatic heterocycles. The van der Waals surface area contributed by atoms with Gasteiger partial charge in [-0.25, -0.2) is 8.42 Å². The predicted molar refractivity (Wildman–Crippen MR) is 151 cm³/mol. The minimum absolute atomic E-state index is 0.202. The van der Waals surface area contributed by atoms with Gasteiger partial charge in [0.05, 0.1) is 16.3 Å². The Kier molecular flexibility index (Phi) is 7.67. The topological polar surface area (TPSA) is 75.7 Å². The first-order chi connectivity index (χ1) is 18.4. The second kappa shape index (κ2) is 11.3. The van der Waals surface area contributed by atoms with Crippen LogP contribution in [-0.4, -0.2) is 20.9 Å². The number of carbonyl (C=O) groups excluding carboxylic acids is 1. The number of nitrogens with one attached hydrogen (secondary N) is 1. The number of rotatable bonds is 8. The number of sulfonamides is 1. The van der Waals surface area contributed by atoms with Crippen LogP contribution in [0, 0.1) is 0 Å². The molecule has 1 heterocycles. The molecule has 1 aliphatic rings. The molecule has 1 aliphatic heterocycles. The van der Waals surface area contributed by atoms with Gasteiger partial charge in [0, 0.05) is 18.0 Å². The number of amides is 1. The van der Waals surface area contributed by atoms with Crippen molar-refractivity contribution in [1.82, 2.24) is 0 Å². The molecule has 0 radical (unpaired) electrons. The standard InChI is InChI=1S/C30H27ClN2O4S/c31-24-15-18-29(37-25-9-2-1-3-10-25)27(21-24)32-30(34)19-14-22-12-16-26(17-13-22)38(35,36)33-20-6-8-23-7-4-5-11-28(23)33/h1-5,7,9-13,15-18,21H,6,8,14,19-20H2,(H,32,34). The Labute approximate surface area is 227 Å². The summed E-state index contributed by atoms with van der Waals surface area (Å²) in [6.45, 7) is 0.459. The first-order valence-electron chi connectivity index (χ1n) is 12.4. The van der Waals surface area contributed by atoms with Crippen molar-refractivity contribution in [3.05, 3.63) is 113 Å². The highest BCUT2D eigenvalue weighted by atomic mass is 35.5. The number of hydrogen-bond donors (Lipinski definition) is 1. The van der Waals surface area contributed by atoms with E-state index in [9.17, 15) is 13.2 Å². The highest BCUT2D eigenvalue weighted by molar-refractivity contribution is 7.92. The number of fused-ring (bicyclic) bond motifs is 1. The Balaban J connectivity index is 1.23. The van der Waals surface area contributed by atoms with E-state index in [0.717, 1.165) is 29.7 Å². The summed E-state index contributed by atoms with van der Waals surface area (Å²) in [4.78, 5) is 13.0. The van der Waals surface area contributed by atoms with E-state index < -0.39 is 10.0 Å². The quantitative estimate of drug-likeness (QED) is 0.262. The number of benzene rings is 4. The summed E-state index contributed by atoms with van der Waals surface area (Å²) < 4.78 is 34.1. The average Bonchev–Trinajstić information content (AvgIpc) is 2.94. The molecule has 1 amide bonds. The van der Waals surface area contributed by atoms with E-state index in [2.05, 4.69) is 5.32 Å². The zero-order valence-electron chi connectivity index (χ0n) is 20.6. The largest absolute Gasteiger partial charge is 0.455 e. The molecular formula is C30H27ClN2O4S. The van der Waals surface area contributed by atoms with Gasteiger partial charge in [-0.1, -0.05) is 60.1 Å². The molecular weight excluding hydrogens is 520 g/mol. The van der Waals surface area contributed by atoms with Crippen LogP contribution >= 0.6 is 11.6 Å². The maximum atomic E-state index is 13.4. The monoisotopic (exact) mass is 546 g/mol. The lowest BCUT2D eigenvalue weighted by Crippen LogP contribution is -2.35. The number of anilines is 2. The Bertz CT molecular complexity index is 1540. The van der Waals surface area contributed by atoms with Crippen LogP contribution in [0.25, 0.3) is 0 Å². The summed E-state index contributed by atoms with van der Waals surface area (Å²) in [5.41, 5.74) is 3.14. The fourth-order valence-corrected chi connectivity index (χ4v) is 6.19. The van der Waals surface area contributed by atoms with Crippen LogP contribution in [0.1, 0.15) is 24.0 Å². The summed E-state index contributed by atoms with van der Waals surface area (Å²) in [6.07, 6.45) is 2.32. The predicted octanol–water partition coefficient (Wildman–Crippen LogP) is 6.85. The molecule has 38 heavy (non-hydrogen) atoms. The molecule has 194 valence electrons. The van der Waals surface area contributed by atoms with Crippen LogP contribution in [0.5, 0.6) is 11.5 Å². The molecule has 0 aliphatic carbocycles. The highest BCUT2D eigenvalue weighted by Crippen LogP contribution is 2.33. The molecule has 0 bridgehead atoms. The van der Waals surface area contributed by atoms with Crippen molar-refractivity contribution in [3.63, 3.8) is 0 Å².